The number of thiazole rings is 1. The molecule has 8 heteroatoms. The number of phenols is 1. The molecule has 0 bridgehead atoms. The molecule has 1 heterocycles. The van der Waals surface area contributed by atoms with Crippen molar-refractivity contribution in [2.24, 2.45) is 0 Å². The summed E-state index contributed by atoms with van der Waals surface area (Å²) in [6.07, 6.45) is -0.209. The summed E-state index contributed by atoms with van der Waals surface area (Å²) in [5.41, 5.74) is 0.474. The predicted molar refractivity (Wildman–Crippen MR) is 74.5 cm³/mol. The minimum atomic E-state index is -0.996. The summed E-state index contributed by atoms with van der Waals surface area (Å²) in [5, 5.41) is 22.5. The van der Waals surface area contributed by atoms with Gasteiger partial charge in [-0.2, -0.15) is 0 Å². The second-order valence-corrected chi connectivity index (χ2v) is 5.10. The minimum absolute atomic E-state index is 0.0785. The number of hydrogen-bond donors (Lipinski definition) is 3. The molecule has 6 nitrogen and oxygen atoms in total. The summed E-state index contributed by atoms with van der Waals surface area (Å²) >= 11 is 6.98. The zero-order chi connectivity index (χ0) is 14.7. The number of hydrogen-bond acceptors (Lipinski definition) is 5. The van der Waals surface area contributed by atoms with Crippen molar-refractivity contribution in [1.29, 1.82) is 0 Å². The summed E-state index contributed by atoms with van der Waals surface area (Å²) in [4.78, 5) is 26.5. The van der Waals surface area contributed by atoms with Crippen molar-refractivity contribution in [1.82, 2.24) is 4.98 Å². The van der Waals surface area contributed by atoms with Gasteiger partial charge in [0.1, 0.15) is 5.75 Å². The van der Waals surface area contributed by atoms with Crippen LogP contribution in [0.15, 0.2) is 23.6 Å². The highest BCUT2D eigenvalue weighted by atomic mass is 35.5. The fourth-order valence-electron chi connectivity index (χ4n) is 1.45. The molecule has 0 fully saturated rings. The van der Waals surface area contributed by atoms with Gasteiger partial charge in [-0.3, -0.25) is 14.9 Å². The molecule has 20 heavy (non-hydrogen) atoms. The zero-order valence-electron chi connectivity index (χ0n) is 9.96. The first-order valence-electron chi connectivity index (χ1n) is 5.42. The molecule has 104 valence electrons. The summed E-state index contributed by atoms with van der Waals surface area (Å²) in [7, 11) is 0. The van der Waals surface area contributed by atoms with Gasteiger partial charge in [0.15, 0.2) is 5.13 Å². The normalized spacial score (nSPS) is 10.2. The second-order valence-electron chi connectivity index (χ2n) is 3.83. The number of phenolic OH excluding ortho intramolecular Hbond substituents is 1. The molecule has 3 N–H and O–H groups in total. The van der Waals surface area contributed by atoms with E-state index >= 15 is 0 Å². The van der Waals surface area contributed by atoms with Crippen molar-refractivity contribution in [3.05, 3.63) is 39.9 Å². The number of anilines is 1. The van der Waals surface area contributed by atoms with Gasteiger partial charge in [0.2, 0.25) is 0 Å². The lowest BCUT2D eigenvalue weighted by Crippen LogP contribution is -2.12. The van der Waals surface area contributed by atoms with E-state index in [1.165, 1.54) is 18.2 Å². The van der Waals surface area contributed by atoms with Crippen LogP contribution in [0, 0.1) is 0 Å². The molecule has 0 spiro atoms. The van der Waals surface area contributed by atoms with Gasteiger partial charge >= 0.3 is 5.97 Å². The van der Waals surface area contributed by atoms with Gasteiger partial charge in [-0.15, -0.1) is 11.3 Å². The first-order valence-corrected chi connectivity index (χ1v) is 6.67. The molecule has 1 aromatic carbocycles. The van der Waals surface area contributed by atoms with Gasteiger partial charge in [-0.05, 0) is 18.2 Å². The maximum absolute atomic E-state index is 12.0. The number of carbonyl (C=O) groups is 2. The van der Waals surface area contributed by atoms with Crippen molar-refractivity contribution in [2.75, 3.05) is 5.32 Å². The number of carbonyl (C=O) groups excluding carboxylic acids is 1. The van der Waals surface area contributed by atoms with Crippen LogP contribution >= 0.6 is 22.9 Å². The molecule has 2 aromatic rings. The lowest BCUT2D eigenvalue weighted by atomic mass is 10.2. The first-order chi connectivity index (χ1) is 9.45. The molecular formula is C12H9ClN2O4S. The van der Waals surface area contributed by atoms with E-state index in [0.717, 1.165) is 11.3 Å². The van der Waals surface area contributed by atoms with Crippen LogP contribution in [0.3, 0.4) is 0 Å². The van der Waals surface area contributed by atoms with Gasteiger partial charge in [-0.25, -0.2) is 4.98 Å². The predicted octanol–water partition coefficient (Wildman–Crippen LogP) is 2.38. The summed E-state index contributed by atoms with van der Waals surface area (Å²) < 4.78 is 0. The van der Waals surface area contributed by atoms with E-state index in [-0.39, 0.29) is 27.9 Å². The summed E-state index contributed by atoms with van der Waals surface area (Å²) in [6.45, 7) is 0. The van der Waals surface area contributed by atoms with E-state index < -0.39 is 11.9 Å². The number of nitrogens with one attached hydrogen (secondary N) is 1. The Bertz CT molecular complexity index is 671. The van der Waals surface area contributed by atoms with Crippen molar-refractivity contribution in [3.8, 4) is 5.75 Å². The topological polar surface area (TPSA) is 99.5 Å². The third kappa shape index (κ3) is 3.46. The Morgan fingerprint density at radius 1 is 1.40 bits per heavy atom. The Labute approximate surface area is 122 Å². The molecular weight excluding hydrogens is 304 g/mol. The average Bonchev–Trinajstić information content (AvgIpc) is 2.78. The molecule has 0 unspecified atom stereocenters. The smallest absolute Gasteiger partial charge is 0.309 e. The van der Waals surface area contributed by atoms with Crippen molar-refractivity contribution in [3.63, 3.8) is 0 Å². The molecule has 0 saturated heterocycles. The van der Waals surface area contributed by atoms with Crippen LogP contribution in [0.1, 0.15) is 16.1 Å². The molecule has 1 aromatic heterocycles. The maximum Gasteiger partial charge on any atom is 0.309 e. The fourth-order valence-corrected chi connectivity index (χ4v) is 2.36. The fraction of sp³-hybridized carbons (Fsp3) is 0.0833. The SMILES string of the molecule is O=C(O)Cc1csc(NC(=O)c2cc(O)ccc2Cl)n1. The van der Waals surface area contributed by atoms with Crippen LogP contribution in [0.4, 0.5) is 5.13 Å². The van der Waals surface area contributed by atoms with Crippen LogP contribution in [0.25, 0.3) is 0 Å². The molecule has 0 radical (unpaired) electrons. The number of benzene rings is 1. The minimum Gasteiger partial charge on any atom is -0.508 e. The molecule has 2 rings (SSSR count). The second kappa shape index (κ2) is 5.89. The van der Waals surface area contributed by atoms with Gasteiger partial charge in [0, 0.05) is 5.38 Å². The summed E-state index contributed by atoms with van der Waals surface area (Å²) in [6, 6.07) is 4.01. The highest BCUT2D eigenvalue weighted by Crippen LogP contribution is 2.23. The zero-order valence-corrected chi connectivity index (χ0v) is 11.5. The average molecular weight is 313 g/mol. The standard InChI is InChI=1S/C12H9ClN2O4S/c13-9-2-1-7(16)4-8(9)11(19)15-12-14-6(5-20-12)3-10(17)18/h1-2,4-5,16H,3H2,(H,17,18)(H,14,15,19). The van der Waals surface area contributed by atoms with E-state index in [4.69, 9.17) is 16.7 Å². The molecule has 0 aliphatic rings. The number of aliphatic carboxylic acids is 1. The molecule has 0 atom stereocenters. The van der Waals surface area contributed by atoms with Gasteiger partial charge in [0.05, 0.1) is 22.7 Å². The van der Waals surface area contributed by atoms with Crippen LogP contribution in [-0.2, 0) is 11.2 Å². The molecule has 1 amide bonds. The van der Waals surface area contributed by atoms with Gasteiger partial charge < -0.3 is 10.2 Å². The molecule has 0 saturated carbocycles. The maximum atomic E-state index is 12.0. The first kappa shape index (κ1) is 14.3. The van der Waals surface area contributed by atoms with Crippen LogP contribution in [0.2, 0.25) is 5.02 Å². The van der Waals surface area contributed by atoms with Crippen molar-refractivity contribution < 1.29 is 19.8 Å². The highest BCUT2D eigenvalue weighted by molar-refractivity contribution is 7.14. The Morgan fingerprint density at radius 3 is 2.85 bits per heavy atom. The van der Waals surface area contributed by atoms with Crippen molar-refractivity contribution in [2.45, 2.75) is 6.42 Å². The number of nitrogens with zero attached hydrogens (tertiary/aromatic N) is 1. The quantitative estimate of drug-likeness (QED) is 0.805. The van der Waals surface area contributed by atoms with E-state index in [9.17, 15) is 14.7 Å². The van der Waals surface area contributed by atoms with Crippen LogP contribution in [-0.4, -0.2) is 27.1 Å². The third-order valence-electron chi connectivity index (χ3n) is 2.30. The third-order valence-corrected chi connectivity index (χ3v) is 3.44. The van der Waals surface area contributed by atoms with E-state index in [2.05, 4.69) is 10.3 Å². The van der Waals surface area contributed by atoms with Crippen LogP contribution in [0.5, 0.6) is 5.75 Å². The number of halogens is 1. The Balaban J connectivity index is 2.13. The van der Waals surface area contributed by atoms with Crippen molar-refractivity contribution >= 4 is 39.9 Å². The van der Waals surface area contributed by atoms with Crippen LogP contribution < -0.4 is 5.32 Å². The Morgan fingerprint density at radius 2 is 2.15 bits per heavy atom. The number of aromatic nitrogens is 1. The Kier molecular flexibility index (Phi) is 4.21. The van der Waals surface area contributed by atoms with E-state index in [1.807, 2.05) is 0 Å². The van der Waals surface area contributed by atoms with E-state index in [0.29, 0.717) is 5.69 Å². The Hall–Kier alpha value is -2.12. The molecule has 0 aliphatic heterocycles. The molecule has 0 aliphatic carbocycles. The number of amides is 1. The largest absolute Gasteiger partial charge is 0.508 e. The van der Waals surface area contributed by atoms with E-state index in [1.54, 1.807) is 5.38 Å². The summed E-state index contributed by atoms with van der Waals surface area (Å²) in [5.74, 6) is -1.60. The number of carboxylic acid groups (broad SMARTS) is 1. The van der Waals surface area contributed by atoms with Gasteiger partial charge in [0.25, 0.3) is 5.91 Å². The highest BCUT2D eigenvalue weighted by Gasteiger charge is 2.14. The lowest BCUT2D eigenvalue weighted by molar-refractivity contribution is -0.136. The number of carboxylic acids is 1. The monoisotopic (exact) mass is 312 g/mol. The number of aromatic hydroxyl groups is 1. The number of rotatable bonds is 4. The van der Waals surface area contributed by atoms with Gasteiger partial charge in [-0.1, -0.05) is 11.6 Å². The lowest BCUT2D eigenvalue weighted by Gasteiger charge is -2.04.